The quantitative estimate of drug-likeness (QED) is 0.709. The largest absolute Gasteiger partial charge is 0.492 e. The number of halogens is 1. The molecule has 0 N–H and O–H groups in total. The molecule has 0 aliphatic rings. The Balaban J connectivity index is 2.10. The maximum atomic E-state index is 6.31. The summed E-state index contributed by atoms with van der Waals surface area (Å²) in [5.74, 6) is 2.03. The van der Waals surface area contributed by atoms with Crippen LogP contribution in [0.1, 0.15) is 13.3 Å². The fourth-order valence-corrected chi connectivity index (χ4v) is 2.53. The zero-order valence-corrected chi connectivity index (χ0v) is 13.2. The standard InChI is InChI=1S/C17H19ClOS/c1-2-13(12-20)11-19-17-9-8-15(10-16(17)18)14-6-4-3-5-7-14/h3-10,13,20H,2,11-12H2,1H3. The highest BCUT2D eigenvalue weighted by atomic mass is 35.5. The summed E-state index contributed by atoms with van der Waals surface area (Å²) in [4.78, 5) is 0. The Morgan fingerprint density at radius 1 is 1.10 bits per heavy atom. The van der Waals surface area contributed by atoms with Crippen LogP contribution < -0.4 is 4.74 Å². The van der Waals surface area contributed by atoms with E-state index in [0.29, 0.717) is 17.5 Å². The van der Waals surface area contributed by atoms with Crippen molar-refractivity contribution in [2.75, 3.05) is 12.4 Å². The monoisotopic (exact) mass is 306 g/mol. The van der Waals surface area contributed by atoms with Crippen LogP contribution in [0.3, 0.4) is 0 Å². The third-order valence-corrected chi connectivity index (χ3v) is 4.16. The second-order valence-corrected chi connectivity index (χ2v) is 5.55. The van der Waals surface area contributed by atoms with Crippen molar-refractivity contribution in [1.29, 1.82) is 0 Å². The van der Waals surface area contributed by atoms with Crippen molar-refractivity contribution >= 4 is 24.2 Å². The van der Waals surface area contributed by atoms with Crippen LogP contribution in [0.2, 0.25) is 5.02 Å². The fourth-order valence-electron chi connectivity index (χ4n) is 1.94. The number of ether oxygens (including phenoxy) is 1. The van der Waals surface area contributed by atoms with Gasteiger partial charge in [0.25, 0.3) is 0 Å². The van der Waals surface area contributed by atoms with Gasteiger partial charge in [-0.2, -0.15) is 12.6 Å². The third kappa shape index (κ3) is 3.94. The molecule has 0 spiro atoms. The SMILES string of the molecule is CCC(CS)COc1ccc(-c2ccccc2)cc1Cl. The Labute approximate surface area is 131 Å². The van der Waals surface area contributed by atoms with E-state index in [0.717, 1.165) is 29.1 Å². The van der Waals surface area contributed by atoms with E-state index in [-0.39, 0.29) is 0 Å². The van der Waals surface area contributed by atoms with Gasteiger partial charge in [-0.25, -0.2) is 0 Å². The third-order valence-electron chi connectivity index (χ3n) is 3.35. The van der Waals surface area contributed by atoms with Gasteiger partial charge in [-0.1, -0.05) is 54.9 Å². The normalized spacial score (nSPS) is 12.2. The van der Waals surface area contributed by atoms with Crippen LogP contribution in [0.25, 0.3) is 11.1 Å². The highest BCUT2D eigenvalue weighted by Gasteiger charge is 2.08. The minimum Gasteiger partial charge on any atom is -0.492 e. The first-order chi connectivity index (χ1) is 9.74. The van der Waals surface area contributed by atoms with Gasteiger partial charge >= 0.3 is 0 Å². The van der Waals surface area contributed by atoms with Gasteiger partial charge in [0, 0.05) is 5.92 Å². The molecule has 20 heavy (non-hydrogen) atoms. The Kier molecular flexibility index (Phi) is 5.81. The van der Waals surface area contributed by atoms with E-state index in [1.54, 1.807) is 0 Å². The first-order valence-electron chi connectivity index (χ1n) is 6.83. The lowest BCUT2D eigenvalue weighted by Gasteiger charge is -2.15. The second kappa shape index (κ2) is 7.61. The van der Waals surface area contributed by atoms with Crippen LogP contribution in [-0.2, 0) is 0 Å². The molecule has 1 unspecified atom stereocenters. The fraction of sp³-hybridized carbons (Fsp3) is 0.294. The second-order valence-electron chi connectivity index (χ2n) is 4.78. The van der Waals surface area contributed by atoms with Crippen LogP contribution >= 0.6 is 24.2 Å². The van der Waals surface area contributed by atoms with Crippen molar-refractivity contribution in [2.24, 2.45) is 5.92 Å². The van der Waals surface area contributed by atoms with Gasteiger partial charge in [0.1, 0.15) is 5.75 Å². The lowest BCUT2D eigenvalue weighted by Crippen LogP contribution is -2.12. The van der Waals surface area contributed by atoms with E-state index < -0.39 is 0 Å². The Hall–Kier alpha value is -1.12. The summed E-state index contributed by atoms with van der Waals surface area (Å²) < 4.78 is 5.79. The van der Waals surface area contributed by atoms with Crippen molar-refractivity contribution < 1.29 is 4.74 Å². The summed E-state index contributed by atoms with van der Waals surface area (Å²) >= 11 is 10.6. The minimum absolute atomic E-state index is 0.461. The minimum atomic E-state index is 0.461. The molecule has 0 saturated carbocycles. The van der Waals surface area contributed by atoms with E-state index in [1.807, 2.05) is 36.4 Å². The maximum absolute atomic E-state index is 6.31. The Morgan fingerprint density at radius 2 is 1.85 bits per heavy atom. The van der Waals surface area contributed by atoms with E-state index in [1.165, 1.54) is 0 Å². The topological polar surface area (TPSA) is 9.23 Å². The molecule has 0 aliphatic carbocycles. The Morgan fingerprint density at radius 3 is 2.45 bits per heavy atom. The molecule has 0 saturated heterocycles. The van der Waals surface area contributed by atoms with Crippen LogP contribution in [0.5, 0.6) is 5.75 Å². The van der Waals surface area contributed by atoms with Gasteiger partial charge in [0.2, 0.25) is 0 Å². The molecular weight excluding hydrogens is 288 g/mol. The molecule has 0 amide bonds. The van der Waals surface area contributed by atoms with Crippen molar-refractivity contribution in [3.8, 4) is 16.9 Å². The molecule has 3 heteroatoms. The average Bonchev–Trinajstić information content (AvgIpc) is 2.50. The van der Waals surface area contributed by atoms with E-state index in [9.17, 15) is 0 Å². The summed E-state index contributed by atoms with van der Waals surface area (Å²) in [7, 11) is 0. The number of hydrogen-bond donors (Lipinski definition) is 1. The molecule has 0 radical (unpaired) electrons. The highest BCUT2D eigenvalue weighted by Crippen LogP contribution is 2.30. The molecule has 0 heterocycles. The van der Waals surface area contributed by atoms with Crippen molar-refractivity contribution in [2.45, 2.75) is 13.3 Å². The van der Waals surface area contributed by atoms with Crippen molar-refractivity contribution in [1.82, 2.24) is 0 Å². The molecule has 2 rings (SSSR count). The van der Waals surface area contributed by atoms with Gasteiger partial charge in [-0.15, -0.1) is 0 Å². The smallest absolute Gasteiger partial charge is 0.137 e. The number of rotatable bonds is 6. The number of benzene rings is 2. The molecule has 0 aliphatic heterocycles. The molecule has 0 fully saturated rings. The van der Waals surface area contributed by atoms with Gasteiger partial charge < -0.3 is 4.74 Å². The lowest BCUT2D eigenvalue weighted by molar-refractivity contribution is 0.260. The van der Waals surface area contributed by atoms with E-state index >= 15 is 0 Å². The zero-order valence-electron chi connectivity index (χ0n) is 11.6. The molecule has 1 atom stereocenters. The average molecular weight is 307 g/mol. The number of hydrogen-bond acceptors (Lipinski definition) is 2. The molecule has 0 bridgehead atoms. The number of thiol groups is 1. The lowest BCUT2D eigenvalue weighted by atomic mass is 10.1. The molecule has 2 aromatic rings. The van der Waals surface area contributed by atoms with Crippen LogP contribution in [-0.4, -0.2) is 12.4 Å². The molecule has 1 nitrogen and oxygen atoms in total. The van der Waals surface area contributed by atoms with Gasteiger partial charge in [-0.3, -0.25) is 0 Å². The predicted octanol–water partition coefficient (Wildman–Crippen LogP) is 5.34. The molecular formula is C17H19ClOS. The molecule has 106 valence electrons. The summed E-state index contributed by atoms with van der Waals surface area (Å²) in [6, 6.07) is 16.1. The van der Waals surface area contributed by atoms with Crippen molar-refractivity contribution in [3.63, 3.8) is 0 Å². The predicted molar refractivity (Wildman–Crippen MR) is 90.0 cm³/mol. The van der Waals surface area contributed by atoms with Gasteiger partial charge in [0.15, 0.2) is 0 Å². The van der Waals surface area contributed by atoms with Crippen LogP contribution in [0, 0.1) is 5.92 Å². The van der Waals surface area contributed by atoms with Gasteiger partial charge in [-0.05, 0) is 35.4 Å². The zero-order chi connectivity index (χ0) is 14.4. The molecule has 0 aromatic heterocycles. The van der Waals surface area contributed by atoms with Crippen LogP contribution in [0.4, 0.5) is 0 Å². The first-order valence-corrected chi connectivity index (χ1v) is 7.84. The summed E-state index contributed by atoms with van der Waals surface area (Å²) in [5.41, 5.74) is 2.26. The van der Waals surface area contributed by atoms with Crippen LogP contribution in [0.15, 0.2) is 48.5 Å². The van der Waals surface area contributed by atoms with Gasteiger partial charge in [0.05, 0.1) is 11.6 Å². The Bertz CT molecular complexity index is 538. The summed E-state index contributed by atoms with van der Waals surface area (Å²) in [5, 5.41) is 0.653. The van der Waals surface area contributed by atoms with E-state index in [4.69, 9.17) is 16.3 Å². The maximum Gasteiger partial charge on any atom is 0.137 e. The molecule has 2 aromatic carbocycles. The highest BCUT2D eigenvalue weighted by molar-refractivity contribution is 7.80. The summed E-state index contributed by atoms with van der Waals surface area (Å²) in [6.07, 6.45) is 1.06. The van der Waals surface area contributed by atoms with Crippen molar-refractivity contribution in [3.05, 3.63) is 53.6 Å². The summed E-state index contributed by atoms with van der Waals surface area (Å²) in [6.45, 7) is 2.80. The first kappa shape index (κ1) is 15.3. The van der Waals surface area contributed by atoms with E-state index in [2.05, 4.69) is 31.7 Å².